The average Bonchev–Trinajstić information content (AvgIpc) is 3.41. The molecule has 1 aromatic carbocycles. The molecule has 0 spiro atoms. The number of amides is 2. The predicted octanol–water partition coefficient (Wildman–Crippen LogP) is 3.75. The van der Waals surface area contributed by atoms with E-state index in [4.69, 9.17) is 5.73 Å². The number of anilines is 1. The molecule has 0 unspecified atom stereocenters. The molecule has 3 heterocycles. The lowest BCUT2D eigenvalue weighted by Gasteiger charge is -2.20. The molecule has 0 bridgehead atoms. The van der Waals surface area contributed by atoms with Crippen molar-refractivity contribution in [1.29, 1.82) is 0 Å². The van der Waals surface area contributed by atoms with E-state index in [-0.39, 0.29) is 5.91 Å². The van der Waals surface area contributed by atoms with Gasteiger partial charge in [0.05, 0.1) is 11.4 Å². The number of primary amides is 1. The lowest BCUT2D eigenvalue weighted by atomic mass is 9.88. The second kappa shape index (κ2) is 7.48. The van der Waals surface area contributed by atoms with Crippen LogP contribution in [0.1, 0.15) is 37.5 Å². The maximum atomic E-state index is 12.8. The number of hydrogen-bond acceptors (Lipinski definition) is 5. The van der Waals surface area contributed by atoms with Gasteiger partial charge >= 0.3 is 0 Å². The molecule has 0 atom stereocenters. The van der Waals surface area contributed by atoms with Gasteiger partial charge < -0.3 is 11.1 Å². The molecule has 0 saturated carbocycles. The first kappa shape index (κ1) is 19.2. The van der Waals surface area contributed by atoms with Crippen LogP contribution >= 0.6 is 11.3 Å². The monoisotopic (exact) mass is 429 g/mol. The van der Waals surface area contributed by atoms with Crippen LogP contribution in [0.4, 0.5) is 5.69 Å². The zero-order chi connectivity index (χ0) is 21.5. The van der Waals surface area contributed by atoms with Crippen LogP contribution in [0.5, 0.6) is 0 Å². The van der Waals surface area contributed by atoms with Gasteiger partial charge in [0.1, 0.15) is 0 Å². The summed E-state index contributed by atoms with van der Waals surface area (Å²) in [4.78, 5) is 28.9. The zero-order valence-electron chi connectivity index (χ0n) is 16.8. The van der Waals surface area contributed by atoms with E-state index in [2.05, 4.69) is 15.4 Å². The van der Waals surface area contributed by atoms with Crippen molar-refractivity contribution in [3.63, 3.8) is 0 Å². The van der Waals surface area contributed by atoms with Gasteiger partial charge in [-0.25, -0.2) is 4.68 Å². The quantitative estimate of drug-likeness (QED) is 0.516. The number of hydrogen-bond donors (Lipinski definition) is 2. The molecule has 1 aliphatic rings. The molecule has 0 radical (unpaired) electrons. The van der Waals surface area contributed by atoms with Gasteiger partial charge in [-0.15, -0.1) is 0 Å². The van der Waals surface area contributed by atoms with E-state index in [1.807, 2.05) is 41.9 Å². The SMILES string of the molecule is Cc1cnccc1C(=O)Nc1ccc2c(c1)-c1c(c(C(N)=O)nn1-c1ccsc1)CC2. The molecular weight excluding hydrogens is 410 g/mol. The summed E-state index contributed by atoms with van der Waals surface area (Å²) < 4.78 is 1.78. The van der Waals surface area contributed by atoms with Gasteiger partial charge in [-0.1, -0.05) is 6.07 Å². The lowest BCUT2D eigenvalue weighted by Crippen LogP contribution is -2.16. The number of nitrogens with two attached hydrogens (primary N) is 1. The Kier molecular flexibility index (Phi) is 4.63. The summed E-state index contributed by atoms with van der Waals surface area (Å²) in [5.41, 5.74) is 12.6. The molecule has 0 fully saturated rings. The molecule has 0 saturated heterocycles. The largest absolute Gasteiger partial charge is 0.364 e. The number of nitrogens with zero attached hydrogens (tertiary/aromatic N) is 3. The van der Waals surface area contributed by atoms with Crippen LogP contribution in [0.2, 0.25) is 0 Å². The Morgan fingerprint density at radius 1 is 1.19 bits per heavy atom. The number of carbonyl (C=O) groups excluding carboxylic acids is 2. The second-order valence-electron chi connectivity index (χ2n) is 7.45. The molecule has 31 heavy (non-hydrogen) atoms. The highest BCUT2D eigenvalue weighted by molar-refractivity contribution is 7.08. The van der Waals surface area contributed by atoms with E-state index in [0.29, 0.717) is 23.4 Å². The maximum absolute atomic E-state index is 12.8. The number of benzene rings is 1. The van der Waals surface area contributed by atoms with Crippen molar-refractivity contribution in [2.75, 3.05) is 5.32 Å². The van der Waals surface area contributed by atoms with Gasteiger partial charge in [0, 0.05) is 40.2 Å². The molecule has 4 aromatic rings. The summed E-state index contributed by atoms with van der Waals surface area (Å²) in [7, 11) is 0. The molecule has 0 aliphatic heterocycles. The van der Waals surface area contributed by atoms with Crippen LogP contribution in [0.15, 0.2) is 53.5 Å². The van der Waals surface area contributed by atoms with Crippen molar-refractivity contribution < 1.29 is 9.59 Å². The number of aromatic nitrogens is 3. The second-order valence-corrected chi connectivity index (χ2v) is 8.23. The van der Waals surface area contributed by atoms with Crippen molar-refractivity contribution in [3.8, 4) is 16.9 Å². The van der Waals surface area contributed by atoms with E-state index in [0.717, 1.165) is 40.1 Å². The van der Waals surface area contributed by atoms with Crippen LogP contribution in [-0.2, 0) is 12.8 Å². The highest BCUT2D eigenvalue weighted by Crippen LogP contribution is 2.38. The number of pyridine rings is 1. The molecule has 3 aromatic heterocycles. The fourth-order valence-electron chi connectivity index (χ4n) is 4.01. The molecule has 3 N–H and O–H groups in total. The fourth-order valence-corrected chi connectivity index (χ4v) is 4.62. The Morgan fingerprint density at radius 3 is 2.81 bits per heavy atom. The Balaban J connectivity index is 1.60. The van der Waals surface area contributed by atoms with Gasteiger partial charge in [-0.2, -0.15) is 16.4 Å². The summed E-state index contributed by atoms with van der Waals surface area (Å²) in [5, 5.41) is 11.5. The predicted molar refractivity (Wildman–Crippen MR) is 120 cm³/mol. The van der Waals surface area contributed by atoms with Gasteiger partial charge in [0.25, 0.3) is 11.8 Å². The van der Waals surface area contributed by atoms with E-state index >= 15 is 0 Å². The van der Waals surface area contributed by atoms with Crippen LogP contribution in [0.3, 0.4) is 0 Å². The van der Waals surface area contributed by atoms with Gasteiger partial charge in [0.15, 0.2) is 5.69 Å². The van der Waals surface area contributed by atoms with Crippen molar-refractivity contribution in [1.82, 2.24) is 14.8 Å². The third-order valence-corrected chi connectivity index (χ3v) is 6.17. The van der Waals surface area contributed by atoms with Gasteiger partial charge in [-0.3, -0.25) is 14.6 Å². The van der Waals surface area contributed by atoms with Crippen LogP contribution in [-0.4, -0.2) is 26.6 Å². The van der Waals surface area contributed by atoms with E-state index < -0.39 is 5.91 Å². The Morgan fingerprint density at radius 2 is 2.06 bits per heavy atom. The van der Waals surface area contributed by atoms with Crippen LogP contribution < -0.4 is 11.1 Å². The minimum Gasteiger partial charge on any atom is -0.364 e. The highest BCUT2D eigenvalue weighted by atomic mass is 32.1. The molecular formula is C23H19N5O2S. The van der Waals surface area contributed by atoms with Gasteiger partial charge in [-0.05, 0) is 60.5 Å². The van der Waals surface area contributed by atoms with E-state index in [1.54, 1.807) is 34.5 Å². The van der Waals surface area contributed by atoms with Crippen LogP contribution in [0, 0.1) is 6.92 Å². The topological polar surface area (TPSA) is 103 Å². The van der Waals surface area contributed by atoms with Crippen LogP contribution in [0.25, 0.3) is 16.9 Å². The molecule has 154 valence electrons. The average molecular weight is 430 g/mol. The molecule has 2 amide bonds. The Labute approximate surface area is 182 Å². The molecule has 1 aliphatic carbocycles. The number of fused-ring (bicyclic) bond motifs is 3. The molecule has 5 rings (SSSR count). The number of nitrogens with one attached hydrogen (secondary N) is 1. The first-order chi connectivity index (χ1) is 15.0. The van der Waals surface area contributed by atoms with Crippen molar-refractivity contribution in [3.05, 3.63) is 81.4 Å². The van der Waals surface area contributed by atoms with Crippen molar-refractivity contribution in [2.24, 2.45) is 5.73 Å². The summed E-state index contributed by atoms with van der Waals surface area (Å²) in [6.07, 6.45) is 4.73. The lowest BCUT2D eigenvalue weighted by molar-refractivity contribution is 0.0992. The van der Waals surface area contributed by atoms with E-state index in [1.165, 1.54) is 0 Å². The normalized spacial score (nSPS) is 12.2. The Bertz CT molecular complexity index is 1320. The summed E-state index contributed by atoms with van der Waals surface area (Å²) in [6.45, 7) is 1.85. The number of aryl methyl sites for hydroxylation is 2. The minimum atomic E-state index is -0.536. The maximum Gasteiger partial charge on any atom is 0.269 e. The summed E-state index contributed by atoms with van der Waals surface area (Å²) >= 11 is 1.56. The molecule has 8 heteroatoms. The van der Waals surface area contributed by atoms with E-state index in [9.17, 15) is 9.59 Å². The third kappa shape index (κ3) is 3.30. The first-order valence-electron chi connectivity index (χ1n) is 9.82. The standard InChI is InChI=1S/C23H19N5O2S/c1-13-11-25-8-6-17(13)23(30)26-15-4-2-14-3-5-18-20(22(24)29)27-28(16-7-9-31-12-16)21(18)19(14)10-15/h2,4,6-12H,3,5H2,1H3,(H2,24,29)(H,26,30). The minimum absolute atomic E-state index is 0.194. The van der Waals surface area contributed by atoms with Crippen molar-refractivity contribution >= 4 is 28.8 Å². The number of carbonyl (C=O) groups is 2. The zero-order valence-corrected chi connectivity index (χ0v) is 17.6. The summed E-state index contributed by atoms with van der Waals surface area (Å²) in [5.74, 6) is -0.730. The first-order valence-corrected chi connectivity index (χ1v) is 10.8. The van der Waals surface area contributed by atoms with Crippen molar-refractivity contribution in [2.45, 2.75) is 19.8 Å². The summed E-state index contributed by atoms with van der Waals surface area (Å²) in [6, 6.07) is 9.51. The third-order valence-electron chi connectivity index (χ3n) is 5.50. The highest BCUT2D eigenvalue weighted by Gasteiger charge is 2.28. The smallest absolute Gasteiger partial charge is 0.269 e. The number of thiophene rings is 1. The Hall–Kier alpha value is -3.78. The fraction of sp³-hybridized carbons (Fsp3) is 0.130. The van der Waals surface area contributed by atoms with Gasteiger partial charge in [0.2, 0.25) is 0 Å². The number of rotatable bonds is 4. The molecule has 7 nitrogen and oxygen atoms in total.